The van der Waals surface area contributed by atoms with Crippen molar-refractivity contribution in [2.45, 2.75) is 31.8 Å². The Balaban J connectivity index is 1.32. The maximum atomic E-state index is 5.80. The van der Waals surface area contributed by atoms with Crippen LogP contribution in [0.3, 0.4) is 0 Å². The molecule has 0 amide bonds. The number of ether oxygens (including phenoxy) is 1. The monoisotopic (exact) mass is 491 g/mol. The smallest absolute Gasteiger partial charge is 0.324 e. The highest BCUT2D eigenvalue weighted by Crippen LogP contribution is 2.35. The van der Waals surface area contributed by atoms with E-state index in [1.165, 1.54) is 5.69 Å². The summed E-state index contributed by atoms with van der Waals surface area (Å²) < 4.78 is 11.3. The lowest BCUT2D eigenvalue weighted by Crippen LogP contribution is -2.64. The van der Waals surface area contributed by atoms with Crippen molar-refractivity contribution in [1.82, 2.24) is 24.9 Å². The normalized spacial score (nSPS) is 18.3. The van der Waals surface area contributed by atoms with Crippen LogP contribution in [0.1, 0.15) is 24.1 Å². The highest BCUT2D eigenvalue weighted by atomic mass is 16.5. The van der Waals surface area contributed by atoms with Crippen LogP contribution in [0.15, 0.2) is 41.1 Å². The van der Waals surface area contributed by atoms with Crippen LogP contribution in [0.25, 0.3) is 11.4 Å². The molecule has 3 aromatic rings. The van der Waals surface area contributed by atoms with Crippen molar-refractivity contribution < 1.29 is 9.26 Å². The van der Waals surface area contributed by atoms with Gasteiger partial charge in [0.2, 0.25) is 5.82 Å². The van der Waals surface area contributed by atoms with E-state index in [4.69, 9.17) is 14.2 Å². The Bertz CT molecular complexity index is 1190. The van der Waals surface area contributed by atoms with Crippen molar-refractivity contribution in [2.75, 3.05) is 70.8 Å². The van der Waals surface area contributed by atoms with Crippen molar-refractivity contribution in [3.63, 3.8) is 0 Å². The molecule has 9 heteroatoms. The van der Waals surface area contributed by atoms with Gasteiger partial charge in [-0.25, -0.2) is 0 Å². The molecular formula is C27H37N7O2. The molecule has 0 radical (unpaired) electrons. The number of piperazine rings is 1. The van der Waals surface area contributed by atoms with Crippen LogP contribution in [0.5, 0.6) is 5.75 Å². The van der Waals surface area contributed by atoms with Gasteiger partial charge < -0.3 is 24.0 Å². The van der Waals surface area contributed by atoms with Crippen molar-refractivity contribution in [3.8, 4) is 17.1 Å². The van der Waals surface area contributed by atoms with Gasteiger partial charge in [-0.2, -0.15) is 4.98 Å². The Labute approximate surface area is 213 Å². The fraction of sp³-hybridized carbons (Fsp3) is 0.519. The number of benzene rings is 1. The molecule has 0 atom stereocenters. The molecule has 1 aromatic carbocycles. The number of aromatic nitrogens is 3. The summed E-state index contributed by atoms with van der Waals surface area (Å²) in [4.78, 5) is 18.6. The van der Waals surface area contributed by atoms with E-state index in [1.807, 2.05) is 18.3 Å². The van der Waals surface area contributed by atoms with Crippen LogP contribution < -0.4 is 14.5 Å². The van der Waals surface area contributed by atoms with Gasteiger partial charge in [0.1, 0.15) is 5.75 Å². The van der Waals surface area contributed by atoms with Crippen molar-refractivity contribution in [1.29, 1.82) is 0 Å². The number of hydrogen-bond donors (Lipinski definition) is 0. The van der Waals surface area contributed by atoms with Crippen LogP contribution in [-0.2, 0) is 6.54 Å². The number of hydrogen-bond acceptors (Lipinski definition) is 9. The molecular weight excluding hydrogens is 454 g/mol. The molecule has 2 saturated heterocycles. The largest absolute Gasteiger partial charge is 0.497 e. The third kappa shape index (κ3) is 5.03. The minimum Gasteiger partial charge on any atom is -0.497 e. The molecule has 4 heterocycles. The summed E-state index contributed by atoms with van der Waals surface area (Å²) in [5, 5.41) is 4.35. The van der Waals surface area contributed by atoms with Gasteiger partial charge in [-0.1, -0.05) is 5.16 Å². The average Bonchev–Trinajstić information content (AvgIpc) is 3.36. The Morgan fingerprint density at radius 3 is 2.58 bits per heavy atom. The van der Waals surface area contributed by atoms with Gasteiger partial charge in [0.05, 0.1) is 7.11 Å². The average molecular weight is 492 g/mol. The zero-order valence-electron chi connectivity index (χ0n) is 22.1. The molecule has 0 aliphatic carbocycles. The van der Waals surface area contributed by atoms with Crippen LogP contribution >= 0.6 is 0 Å². The minimum absolute atomic E-state index is 0.0975. The summed E-state index contributed by atoms with van der Waals surface area (Å²) in [6.45, 7) is 7.64. The number of likely N-dealkylation sites (N-methyl/N-ethyl adjacent to an activating group) is 1. The molecule has 2 aromatic heterocycles. The van der Waals surface area contributed by atoms with E-state index in [9.17, 15) is 0 Å². The number of nitrogens with zero attached hydrogens (tertiary/aromatic N) is 7. The van der Waals surface area contributed by atoms with E-state index in [-0.39, 0.29) is 5.54 Å². The zero-order chi connectivity index (χ0) is 25.3. The molecule has 5 rings (SSSR count). The second-order valence-electron chi connectivity index (χ2n) is 10.4. The van der Waals surface area contributed by atoms with Gasteiger partial charge in [0, 0.05) is 67.9 Å². The van der Waals surface area contributed by atoms with Gasteiger partial charge in [0.15, 0.2) is 0 Å². The third-order valence-electron chi connectivity index (χ3n) is 7.58. The molecule has 192 valence electrons. The van der Waals surface area contributed by atoms with Crippen molar-refractivity contribution in [2.24, 2.45) is 0 Å². The third-order valence-corrected chi connectivity index (χ3v) is 7.58. The van der Waals surface area contributed by atoms with Crippen LogP contribution in [-0.4, -0.2) is 91.4 Å². The molecule has 2 fully saturated rings. The molecule has 0 N–H and O–H groups in total. The number of methoxy groups -OCH3 is 1. The van der Waals surface area contributed by atoms with Crippen LogP contribution in [0, 0.1) is 6.92 Å². The number of anilines is 2. The molecule has 2 aliphatic heterocycles. The Kier molecular flexibility index (Phi) is 6.85. The van der Waals surface area contributed by atoms with E-state index in [1.54, 1.807) is 7.11 Å². The van der Waals surface area contributed by atoms with Crippen molar-refractivity contribution >= 4 is 11.7 Å². The SMILES string of the molecule is COc1cc(CN(C)C)cc(-c2noc(N3CCN(C)C4(CCN(c5ccnc(C)c5)CC4)C3)n2)c1. The minimum atomic E-state index is 0.0975. The molecule has 9 nitrogen and oxygen atoms in total. The second kappa shape index (κ2) is 10.1. The Hall–Kier alpha value is -3.17. The summed E-state index contributed by atoms with van der Waals surface area (Å²) in [5.41, 5.74) is 4.48. The summed E-state index contributed by atoms with van der Waals surface area (Å²) >= 11 is 0. The summed E-state index contributed by atoms with van der Waals surface area (Å²) in [5.74, 6) is 1.39. The zero-order valence-corrected chi connectivity index (χ0v) is 22.1. The molecule has 1 spiro atoms. The van der Waals surface area contributed by atoms with Crippen molar-refractivity contribution in [3.05, 3.63) is 47.8 Å². The topological polar surface area (TPSA) is 74.0 Å². The molecule has 36 heavy (non-hydrogen) atoms. The van der Waals surface area contributed by atoms with E-state index in [2.05, 4.69) is 76.0 Å². The summed E-state index contributed by atoms with van der Waals surface area (Å²) in [7, 11) is 8.05. The predicted molar refractivity (Wildman–Crippen MR) is 142 cm³/mol. The van der Waals surface area contributed by atoms with Gasteiger partial charge >= 0.3 is 6.01 Å². The van der Waals surface area contributed by atoms with Gasteiger partial charge in [-0.05, 0) is 76.8 Å². The molecule has 0 saturated carbocycles. The first-order valence-corrected chi connectivity index (χ1v) is 12.7. The van der Waals surface area contributed by atoms with Crippen LogP contribution in [0.4, 0.5) is 11.7 Å². The molecule has 2 aliphatic rings. The fourth-order valence-electron chi connectivity index (χ4n) is 5.50. The standard InChI is InChI=1S/C27H37N7O2/c1-20-14-23(6-9-28-20)33-10-7-27(8-11-33)19-34(13-12-32(27)4)26-29-25(30-36-26)22-15-21(18-31(2)3)16-24(17-22)35-5/h6,9,14-17H,7-8,10-13,18-19H2,1-5H3. The lowest BCUT2D eigenvalue weighted by atomic mass is 9.83. The number of rotatable bonds is 6. The maximum Gasteiger partial charge on any atom is 0.324 e. The predicted octanol–water partition coefficient (Wildman–Crippen LogP) is 3.30. The summed E-state index contributed by atoms with van der Waals surface area (Å²) in [6, 6.07) is 11.0. The number of pyridine rings is 1. The molecule has 0 bridgehead atoms. The second-order valence-corrected chi connectivity index (χ2v) is 10.4. The summed E-state index contributed by atoms with van der Waals surface area (Å²) in [6.07, 6.45) is 4.08. The van der Waals surface area contributed by atoms with Crippen LogP contribution in [0.2, 0.25) is 0 Å². The Morgan fingerprint density at radius 1 is 1.06 bits per heavy atom. The quantitative estimate of drug-likeness (QED) is 0.516. The van der Waals surface area contributed by atoms with E-state index in [0.717, 1.165) is 74.7 Å². The first-order chi connectivity index (χ1) is 17.3. The fourth-order valence-corrected chi connectivity index (χ4v) is 5.50. The van der Waals surface area contributed by atoms with E-state index in [0.29, 0.717) is 11.8 Å². The van der Waals surface area contributed by atoms with Gasteiger partial charge in [0.25, 0.3) is 0 Å². The number of aryl methyl sites for hydroxylation is 1. The highest BCUT2D eigenvalue weighted by Gasteiger charge is 2.43. The first-order valence-electron chi connectivity index (χ1n) is 12.7. The maximum absolute atomic E-state index is 5.80. The first kappa shape index (κ1) is 24.5. The van der Waals surface area contributed by atoms with Gasteiger partial charge in [-0.3, -0.25) is 9.88 Å². The number of piperidine rings is 1. The molecule has 0 unspecified atom stereocenters. The lowest BCUT2D eigenvalue weighted by Gasteiger charge is -2.53. The van der Waals surface area contributed by atoms with Gasteiger partial charge in [-0.15, -0.1) is 0 Å². The highest BCUT2D eigenvalue weighted by molar-refractivity contribution is 5.60. The van der Waals surface area contributed by atoms with E-state index < -0.39 is 0 Å². The van der Waals surface area contributed by atoms with E-state index >= 15 is 0 Å². The lowest BCUT2D eigenvalue weighted by molar-refractivity contribution is 0.0736. The Morgan fingerprint density at radius 2 is 1.86 bits per heavy atom.